The van der Waals surface area contributed by atoms with Crippen LogP contribution in [0.5, 0.6) is 5.75 Å². The van der Waals surface area contributed by atoms with Crippen LogP contribution < -0.4 is 10.1 Å². The van der Waals surface area contributed by atoms with Crippen LogP contribution in [0, 0.1) is 5.92 Å². The second-order valence-electron chi connectivity index (χ2n) is 10.5. The summed E-state index contributed by atoms with van der Waals surface area (Å²) in [6, 6.07) is 13.5. The van der Waals surface area contributed by atoms with Gasteiger partial charge in [-0.1, -0.05) is 54.6 Å². The van der Waals surface area contributed by atoms with E-state index in [0.717, 1.165) is 53.8 Å². The summed E-state index contributed by atoms with van der Waals surface area (Å²) in [5.41, 5.74) is 5.37. The molecule has 1 N–H and O–H groups in total. The lowest BCUT2D eigenvalue weighted by molar-refractivity contribution is 0.0912. The number of amides is 1. The fourth-order valence-electron chi connectivity index (χ4n) is 5.83. The normalized spacial score (nSPS) is 18.1. The first-order valence-electron chi connectivity index (χ1n) is 13.7. The molecule has 1 aromatic heterocycles. The standard InChI is InChI=1S/C31H35Cl2N3O2/c1-20(22-8-4-3-5-9-22)34-31(37)29-26-11-7-6-10-23(18-21-12-15-25(38-2)16-13-21)30(26)36(35-29)28-17-14-24(32)19-27(28)33/h12-20,22H,3-11H2,1-2H3,(H,34,37)/b23-18+/t20-/m1/s1. The number of aromatic nitrogens is 2. The molecule has 1 fully saturated rings. The van der Waals surface area contributed by atoms with Crippen LogP contribution >= 0.6 is 23.2 Å². The van der Waals surface area contributed by atoms with Crippen molar-refractivity contribution in [2.24, 2.45) is 5.92 Å². The molecule has 200 valence electrons. The molecule has 5 rings (SSSR count). The van der Waals surface area contributed by atoms with Crippen LogP contribution in [0.2, 0.25) is 10.0 Å². The number of hydrogen-bond acceptors (Lipinski definition) is 3. The van der Waals surface area contributed by atoms with Gasteiger partial charge in [-0.15, -0.1) is 0 Å². The fraction of sp³-hybridized carbons (Fsp3) is 0.419. The Hall–Kier alpha value is -2.76. The molecule has 2 aliphatic rings. The van der Waals surface area contributed by atoms with E-state index in [1.807, 2.05) is 41.1 Å². The number of rotatable bonds is 6. The number of ether oxygens (including phenoxy) is 1. The van der Waals surface area contributed by atoms with E-state index in [4.69, 9.17) is 33.0 Å². The van der Waals surface area contributed by atoms with Crippen LogP contribution in [-0.2, 0) is 6.42 Å². The van der Waals surface area contributed by atoms with Crippen LogP contribution in [0.4, 0.5) is 0 Å². The highest BCUT2D eigenvalue weighted by atomic mass is 35.5. The van der Waals surface area contributed by atoms with Gasteiger partial charge >= 0.3 is 0 Å². The van der Waals surface area contributed by atoms with Gasteiger partial charge in [-0.3, -0.25) is 4.79 Å². The Balaban J connectivity index is 1.59. The largest absolute Gasteiger partial charge is 0.497 e. The van der Waals surface area contributed by atoms with Crippen molar-refractivity contribution in [2.45, 2.75) is 70.8 Å². The van der Waals surface area contributed by atoms with Gasteiger partial charge in [0.05, 0.1) is 23.5 Å². The quantitative estimate of drug-likeness (QED) is 0.314. The molecular weight excluding hydrogens is 517 g/mol. The summed E-state index contributed by atoms with van der Waals surface area (Å²) in [6.07, 6.45) is 12.0. The van der Waals surface area contributed by atoms with E-state index >= 15 is 0 Å². The number of allylic oxidation sites excluding steroid dienone is 1. The van der Waals surface area contributed by atoms with Crippen molar-refractivity contribution >= 4 is 40.8 Å². The van der Waals surface area contributed by atoms with E-state index in [1.54, 1.807) is 13.2 Å². The van der Waals surface area contributed by atoms with Gasteiger partial charge in [0, 0.05) is 16.6 Å². The number of nitrogens with zero attached hydrogens (tertiary/aromatic N) is 2. The van der Waals surface area contributed by atoms with Gasteiger partial charge in [0.25, 0.3) is 5.91 Å². The zero-order chi connectivity index (χ0) is 26.6. The number of carbonyl (C=O) groups excluding carboxylic acids is 1. The molecule has 3 aromatic rings. The number of fused-ring (bicyclic) bond motifs is 1. The van der Waals surface area contributed by atoms with Gasteiger partial charge in [0.15, 0.2) is 5.69 Å². The molecule has 0 saturated heterocycles. The maximum atomic E-state index is 13.7. The van der Waals surface area contributed by atoms with E-state index in [1.165, 1.54) is 32.1 Å². The number of methoxy groups -OCH3 is 1. The minimum atomic E-state index is -0.103. The van der Waals surface area contributed by atoms with E-state index < -0.39 is 0 Å². The Morgan fingerprint density at radius 1 is 1.05 bits per heavy atom. The molecule has 0 bridgehead atoms. The lowest BCUT2D eigenvalue weighted by atomic mass is 9.84. The summed E-state index contributed by atoms with van der Waals surface area (Å²) in [5.74, 6) is 1.23. The summed E-state index contributed by atoms with van der Waals surface area (Å²) >= 11 is 12.9. The monoisotopic (exact) mass is 551 g/mol. The highest BCUT2D eigenvalue weighted by Gasteiger charge is 2.30. The Morgan fingerprint density at radius 2 is 1.79 bits per heavy atom. The van der Waals surface area contributed by atoms with Crippen molar-refractivity contribution in [3.05, 3.63) is 75.0 Å². The molecule has 5 nitrogen and oxygen atoms in total. The topological polar surface area (TPSA) is 56.1 Å². The minimum absolute atomic E-state index is 0.103. The predicted octanol–water partition coefficient (Wildman–Crippen LogP) is 8.15. The Kier molecular flexibility index (Phi) is 8.45. The molecule has 0 unspecified atom stereocenters. The number of benzene rings is 2. The molecule has 2 aromatic carbocycles. The molecule has 0 spiro atoms. The second-order valence-corrected chi connectivity index (χ2v) is 11.3. The Labute approximate surface area is 235 Å². The number of carbonyl (C=O) groups is 1. The third-order valence-electron chi connectivity index (χ3n) is 7.94. The van der Waals surface area contributed by atoms with Crippen LogP contribution in [0.15, 0.2) is 42.5 Å². The lowest BCUT2D eigenvalue weighted by Gasteiger charge is -2.28. The fourth-order valence-corrected chi connectivity index (χ4v) is 6.32. The van der Waals surface area contributed by atoms with E-state index in [0.29, 0.717) is 27.3 Å². The molecule has 7 heteroatoms. The highest BCUT2D eigenvalue weighted by Crippen LogP contribution is 2.37. The maximum absolute atomic E-state index is 13.7. The van der Waals surface area contributed by atoms with Gasteiger partial charge in [0.2, 0.25) is 0 Å². The molecule has 1 heterocycles. The molecule has 2 aliphatic carbocycles. The van der Waals surface area contributed by atoms with Crippen molar-refractivity contribution in [3.63, 3.8) is 0 Å². The molecular formula is C31H35Cl2N3O2. The zero-order valence-electron chi connectivity index (χ0n) is 22.1. The van der Waals surface area contributed by atoms with Crippen molar-refractivity contribution in [3.8, 4) is 11.4 Å². The first-order chi connectivity index (χ1) is 18.4. The Morgan fingerprint density at radius 3 is 2.50 bits per heavy atom. The smallest absolute Gasteiger partial charge is 0.272 e. The molecule has 0 radical (unpaired) electrons. The van der Waals surface area contributed by atoms with Gasteiger partial charge in [0.1, 0.15) is 5.75 Å². The lowest BCUT2D eigenvalue weighted by Crippen LogP contribution is -2.39. The third-order valence-corrected chi connectivity index (χ3v) is 8.47. The Bertz CT molecular complexity index is 1320. The molecule has 0 aliphatic heterocycles. The summed E-state index contributed by atoms with van der Waals surface area (Å²) in [4.78, 5) is 13.7. The number of halogens is 2. The molecule has 1 saturated carbocycles. The second kappa shape index (κ2) is 12.0. The van der Waals surface area contributed by atoms with E-state index in [-0.39, 0.29) is 11.9 Å². The summed E-state index contributed by atoms with van der Waals surface area (Å²) in [6.45, 7) is 2.13. The first kappa shape index (κ1) is 26.8. The SMILES string of the molecule is COc1ccc(/C=C2\CCCCc3c(C(=O)N[C@H](C)C4CCCCC4)nn(-c4ccc(Cl)cc4Cl)c32)cc1. The molecule has 1 atom stereocenters. The molecule has 1 amide bonds. The third kappa shape index (κ3) is 5.79. The van der Waals surface area contributed by atoms with Crippen molar-refractivity contribution in [2.75, 3.05) is 7.11 Å². The van der Waals surface area contributed by atoms with E-state index in [2.05, 4.69) is 18.3 Å². The highest BCUT2D eigenvalue weighted by molar-refractivity contribution is 6.35. The zero-order valence-corrected chi connectivity index (χ0v) is 23.6. The van der Waals surface area contributed by atoms with Crippen LogP contribution in [0.25, 0.3) is 17.3 Å². The average molecular weight is 553 g/mol. The van der Waals surface area contributed by atoms with Crippen LogP contribution in [0.1, 0.15) is 85.6 Å². The molecule has 38 heavy (non-hydrogen) atoms. The van der Waals surface area contributed by atoms with Gasteiger partial charge in [-0.25, -0.2) is 4.68 Å². The van der Waals surface area contributed by atoms with E-state index in [9.17, 15) is 4.79 Å². The van der Waals surface area contributed by atoms with Crippen LogP contribution in [0.3, 0.4) is 0 Å². The number of hydrogen-bond donors (Lipinski definition) is 1. The van der Waals surface area contributed by atoms with Crippen molar-refractivity contribution in [1.29, 1.82) is 0 Å². The average Bonchev–Trinajstić information content (AvgIpc) is 3.18. The van der Waals surface area contributed by atoms with Gasteiger partial charge in [-0.2, -0.15) is 5.10 Å². The predicted molar refractivity (Wildman–Crippen MR) is 156 cm³/mol. The summed E-state index contributed by atoms with van der Waals surface area (Å²) < 4.78 is 7.19. The first-order valence-corrected chi connectivity index (χ1v) is 14.4. The minimum Gasteiger partial charge on any atom is -0.497 e. The maximum Gasteiger partial charge on any atom is 0.272 e. The summed E-state index contributed by atoms with van der Waals surface area (Å²) in [7, 11) is 1.67. The van der Waals surface area contributed by atoms with Crippen molar-refractivity contribution in [1.82, 2.24) is 15.1 Å². The van der Waals surface area contributed by atoms with Crippen LogP contribution in [-0.4, -0.2) is 28.8 Å². The van der Waals surface area contributed by atoms with Gasteiger partial charge in [-0.05, 0) is 98.9 Å². The number of nitrogens with one attached hydrogen (secondary N) is 1. The summed E-state index contributed by atoms with van der Waals surface area (Å²) in [5, 5.41) is 9.29. The van der Waals surface area contributed by atoms with Gasteiger partial charge < -0.3 is 10.1 Å². The van der Waals surface area contributed by atoms with Crippen molar-refractivity contribution < 1.29 is 9.53 Å².